The van der Waals surface area contributed by atoms with E-state index >= 15 is 0 Å². The monoisotopic (exact) mass is 488 g/mol. The molecule has 2 heterocycles. The minimum absolute atomic E-state index is 0.0136. The highest BCUT2D eigenvalue weighted by Gasteiger charge is 2.52. The van der Waals surface area contributed by atoms with Crippen LogP contribution >= 0.6 is 0 Å². The Bertz CT molecular complexity index is 1450. The maximum absolute atomic E-state index is 13.4. The number of aromatic nitrogens is 2. The number of amides is 2. The summed E-state index contributed by atoms with van der Waals surface area (Å²) in [4.78, 5) is 30.5. The lowest BCUT2D eigenvalue weighted by Gasteiger charge is -2.36. The fraction of sp³-hybridized carbons (Fsp3) is 0.136. The Balaban J connectivity index is 1.85. The van der Waals surface area contributed by atoms with Gasteiger partial charge >= 0.3 is 10.2 Å². The van der Waals surface area contributed by atoms with Gasteiger partial charge in [0.15, 0.2) is 11.4 Å². The van der Waals surface area contributed by atoms with Crippen LogP contribution in [0.1, 0.15) is 18.3 Å². The van der Waals surface area contributed by atoms with E-state index < -0.39 is 28.1 Å². The number of anilines is 2. The molecule has 0 radical (unpaired) electrons. The fourth-order valence-corrected chi connectivity index (χ4v) is 5.09. The maximum atomic E-state index is 13.4. The molecule has 0 atom stereocenters. The predicted molar refractivity (Wildman–Crippen MR) is 122 cm³/mol. The van der Waals surface area contributed by atoms with Crippen molar-refractivity contribution in [3.63, 3.8) is 0 Å². The van der Waals surface area contributed by atoms with Crippen LogP contribution in [0.3, 0.4) is 0 Å². The number of rotatable bonds is 5. The van der Waals surface area contributed by atoms with Crippen LogP contribution in [0.2, 0.25) is 0 Å². The van der Waals surface area contributed by atoms with Crippen molar-refractivity contribution in [3.8, 4) is 12.1 Å². The molecule has 1 saturated heterocycles. The van der Waals surface area contributed by atoms with E-state index in [9.17, 15) is 28.5 Å². The lowest BCUT2D eigenvalue weighted by atomic mass is 10.2. The summed E-state index contributed by atoms with van der Waals surface area (Å²) in [7, 11) is -4.65. The molecule has 0 N–H and O–H groups in total. The molecule has 0 bridgehead atoms. The molecular formula is C22H16N8O4S. The molecule has 3 aromatic rings. The van der Waals surface area contributed by atoms with Gasteiger partial charge in [0, 0.05) is 6.54 Å². The summed E-state index contributed by atoms with van der Waals surface area (Å²) in [6, 6.07) is 16.9. The molecule has 0 unspecified atom stereocenters. The molecule has 0 spiro atoms. The van der Waals surface area contributed by atoms with Gasteiger partial charge < -0.3 is 0 Å². The zero-order valence-electron chi connectivity index (χ0n) is 18.2. The van der Waals surface area contributed by atoms with Crippen molar-refractivity contribution in [2.45, 2.75) is 19.5 Å². The van der Waals surface area contributed by atoms with E-state index in [-0.39, 0.29) is 35.3 Å². The molecule has 1 aromatic heterocycles. The van der Waals surface area contributed by atoms with E-state index in [0.717, 1.165) is 0 Å². The Kier molecular flexibility index (Phi) is 6.10. The van der Waals surface area contributed by atoms with Gasteiger partial charge in [0.25, 0.3) is 17.8 Å². The number of nitriles is 2. The number of carbonyl (C=O) groups is 2. The molecule has 0 aliphatic carbocycles. The average Bonchev–Trinajstić information content (AvgIpc) is 3.21. The Labute approximate surface area is 200 Å². The third-order valence-corrected chi connectivity index (χ3v) is 6.75. The van der Waals surface area contributed by atoms with E-state index in [2.05, 4.69) is 15.2 Å². The molecule has 2 amide bonds. The van der Waals surface area contributed by atoms with Gasteiger partial charge in [0.05, 0.1) is 11.4 Å². The molecule has 2 aromatic carbocycles. The standard InChI is InChI=1S/C22H16N8O4S/c1-2-28-18(14-24)17(13-23)25-22(28)27-26-19-20(31)29(15-9-5-3-6-10-15)35(33,34)30(21(19)32)16-11-7-4-8-12-16/h3-12,19H,2H2,1H3. The van der Waals surface area contributed by atoms with Gasteiger partial charge in [-0.15, -0.1) is 5.11 Å². The highest BCUT2D eigenvalue weighted by atomic mass is 32.2. The third kappa shape index (κ3) is 3.90. The van der Waals surface area contributed by atoms with Gasteiger partial charge in [-0.25, -0.2) is 0 Å². The fourth-order valence-electron chi connectivity index (χ4n) is 3.50. The first-order valence-corrected chi connectivity index (χ1v) is 11.6. The van der Waals surface area contributed by atoms with E-state index in [1.807, 2.05) is 6.07 Å². The smallest absolute Gasteiger partial charge is 0.298 e. The second-order valence-electron chi connectivity index (χ2n) is 7.08. The van der Waals surface area contributed by atoms with Crippen LogP contribution in [0, 0.1) is 22.7 Å². The lowest BCUT2D eigenvalue weighted by molar-refractivity contribution is -0.127. The summed E-state index contributed by atoms with van der Waals surface area (Å²) < 4.78 is 29.1. The maximum Gasteiger partial charge on any atom is 0.339 e. The van der Waals surface area contributed by atoms with Crippen LogP contribution in [0.15, 0.2) is 70.9 Å². The predicted octanol–water partition coefficient (Wildman–Crippen LogP) is 2.42. The van der Waals surface area contributed by atoms with Crippen molar-refractivity contribution in [2.24, 2.45) is 10.2 Å². The van der Waals surface area contributed by atoms with Crippen molar-refractivity contribution < 1.29 is 18.0 Å². The van der Waals surface area contributed by atoms with Crippen molar-refractivity contribution in [2.75, 3.05) is 8.61 Å². The summed E-state index contributed by atoms with van der Waals surface area (Å²) in [5.41, 5.74) is -0.215. The van der Waals surface area contributed by atoms with Crippen molar-refractivity contribution >= 4 is 39.3 Å². The normalized spacial score (nSPS) is 15.9. The summed E-state index contributed by atoms with van der Waals surface area (Å²) >= 11 is 0. The van der Waals surface area contributed by atoms with Gasteiger partial charge in [0.1, 0.15) is 12.1 Å². The summed E-state index contributed by atoms with van der Waals surface area (Å²) in [6.07, 6.45) is 0. The Hall–Kier alpha value is -4.88. The summed E-state index contributed by atoms with van der Waals surface area (Å²) in [5, 5.41) is 26.3. The minimum Gasteiger partial charge on any atom is -0.298 e. The van der Waals surface area contributed by atoms with E-state index in [1.165, 1.54) is 28.8 Å². The molecule has 35 heavy (non-hydrogen) atoms. The molecule has 4 rings (SSSR count). The first-order valence-electron chi connectivity index (χ1n) is 10.2. The highest BCUT2D eigenvalue weighted by molar-refractivity contribution is 7.95. The Morgan fingerprint density at radius 2 is 1.43 bits per heavy atom. The van der Waals surface area contributed by atoms with E-state index in [4.69, 9.17) is 0 Å². The lowest BCUT2D eigenvalue weighted by Crippen LogP contribution is -2.62. The van der Waals surface area contributed by atoms with Gasteiger partial charge in [-0.2, -0.15) is 37.7 Å². The number of hydrogen-bond donors (Lipinski definition) is 0. The zero-order chi connectivity index (χ0) is 25.2. The van der Waals surface area contributed by atoms with E-state index in [1.54, 1.807) is 49.4 Å². The summed E-state index contributed by atoms with van der Waals surface area (Å²) in [6.45, 7) is 1.89. The molecular weight excluding hydrogens is 472 g/mol. The van der Waals surface area contributed by atoms with Crippen LogP contribution in [0.4, 0.5) is 17.3 Å². The number of nitrogens with zero attached hydrogens (tertiary/aromatic N) is 8. The molecule has 13 heteroatoms. The molecule has 1 fully saturated rings. The van der Waals surface area contributed by atoms with Crippen LogP contribution in [0.25, 0.3) is 0 Å². The average molecular weight is 488 g/mol. The number of imidazole rings is 1. The second kappa shape index (κ2) is 9.17. The number of hydrogen-bond acceptors (Lipinski definition) is 9. The van der Waals surface area contributed by atoms with Crippen molar-refractivity contribution in [1.29, 1.82) is 10.5 Å². The Morgan fingerprint density at radius 1 is 0.914 bits per heavy atom. The van der Waals surface area contributed by atoms with Crippen LogP contribution < -0.4 is 8.61 Å². The molecule has 12 nitrogen and oxygen atoms in total. The first kappa shape index (κ1) is 23.3. The van der Waals surface area contributed by atoms with Crippen LogP contribution in [-0.2, 0) is 26.3 Å². The molecule has 0 saturated carbocycles. The number of benzene rings is 2. The highest BCUT2D eigenvalue weighted by Crippen LogP contribution is 2.32. The van der Waals surface area contributed by atoms with Gasteiger partial charge in [-0.1, -0.05) is 36.4 Å². The first-order chi connectivity index (χ1) is 16.8. The largest absolute Gasteiger partial charge is 0.339 e. The molecule has 1 aliphatic rings. The summed E-state index contributed by atoms with van der Waals surface area (Å²) in [5.74, 6) is -2.44. The SMILES string of the molecule is CCn1c(N=NC2C(=O)N(c3ccccc3)S(=O)(=O)N(c3ccccc3)C2=O)nc(C#N)c1C#N. The van der Waals surface area contributed by atoms with Crippen LogP contribution in [0.5, 0.6) is 0 Å². The minimum atomic E-state index is -4.65. The van der Waals surface area contributed by atoms with E-state index in [0.29, 0.717) is 8.61 Å². The molecule has 174 valence electrons. The molecule has 1 aliphatic heterocycles. The van der Waals surface area contributed by atoms with Gasteiger partial charge in [-0.3, -0.25) is 14.2 Å². The van der Waals surface area contributed by atoms with Gasteiger partial charge in [0.2, 0.25) is 6.04 Å². The Morgan fingerprint density at radius 3 is 1.86 bits per heavy atom. The zero-order valence-corrected chi connectivity index (χ0v) is 19.0. The number of carbonyl (C=O) groups excluding carboxylic acids is 2. The third-order valence-electron chi connectivity index (χ3n) is 5.05. The van der Waals surface area contributed by atoms with Crippen molar-refractivity contribution in [3.05, 3.63) is 72.1 Å². The van der Waals surface area contributed by atoms with Crippen molar-refractivity contribution in [1.82, 2.24) is 9.55 Å². The number of azo groups is 1. The van der Waals surface area contributed by atoms with Gasteiger partial charge in [-0.05, 0) is 31.2 Å². The van der Waals surface area contributed by atoms with Crippen LogP contribution in [-0.4, -0.2) is 35.8 Å². The quantitative estimate of drug-likeness (QED) is 0.393. The number of para-hydroxylation sites is 2. The second-order valence-corrected chi connectivity index (χ2v) is 8.71. The topological polar surface area (TPSA) is 165 Å².